The van der Waals surface area contributed by atoms with Crippen LogP contribution >= 0.6 is 23.2 Å². The number of methoxy groups -OCH3 is 1. The molecular weight excluding hydrogens is 449 g/mol. The fourth-order valence-electron chi connectivity index (χ4n) is 4.34. The lowest BCUT2D eigenvalue weighted by Gasteiger charge is -2.43. The van der Waals surface area contributed by atoms with Gasteiger partial charge in [-0.25, -0.2) is 0 Å². The first-order chi connectivity index (χ1) is 15.1. The van der Waals surface area contributed by atoms with Crippen LogP contribution in [0.3, 0.4) is 0 Å². The maximum atomic E-state index is 13.4. The van der Waals surface area contributed by atoms with Crippen molar-refractivity contribution in [2.24, 2.45) is 11.1 Å². The summed E-state index contributed by atoms with van der Waals surface area (Å²) in [4.78, 5) is 15.2. The number of carbonyl (C=O) groups is 1. The molecule has 2 N–H and O–H groups in total. The topological polar surface area (TPSA) is 88.6 Å². The Morgan fingerprint density at radius 2 is 1.97 bits per heavy atom. The van der Waals surface area contributed by atoms with Gasteiger partial charge in [-0.05, 0) is 29.5 Å². The number of ether oxygens (including phenoxy) is 2. The number of Topliss-reactive ketones (excluding diaryl/α,β-unsaturated/α-hetero) is 1. The van der Waals surface area contributed by atoms with E-state index in [0.717, 1.165) is 5.70 Å². The molecule has 0 unspecified atom stereocenters. The summed E-state index contributed by atoms with van der Waals surface area (Å²) in [5.41, 5.74) is 8.48. The number of allylic oxidation sites excluding steroid dienone is 3. The summed E-state index contributed by atoms with van der Waals surface area (Å²) in [5, 5.41) is 10.5. The van der Waals surface area contributed by atoms with E-state index in [4.69, 9.17) is 44.8 Å². The third kappa shape index (κ3) is 4.45. The Labute approximate surface area is 198 Å². The standard InChI is InChI=1S/C24H25Cl2N3O3/c1-5-7-32-22-16(25)9-14(10-17(22)26)20-15(13-27)23(28)29(6-8-31-4)18-11-24(2,3)12-19(30)21(18)20/h1,9-10,20H,6-8,11-12,28H2,2-4H3/t20-/m0/s1. The molecule has 0 saturated carbocycles. The van der Waals surface area contributed by atoms with Crippen molar-refractivity contribution >= 4 is 29.0 Å². The van der Waals surface area contributed by atoms with Gasteiger partial charge in [0.2, 0.25) is 0 Å². The minimum absolute atomic E-state index is 0.00976. The van der Waals surface area contributed by atoms with Gasteiger partial charge in [0, 0.05) is 31.3 Å². The van der Waals surface area contributed by atoms with Crippen LogP contribution in [-0.2, 0) is 9.53 Å². The second-order valence-electron chi connectivity index (χ2n) is 8.60. The Bertz CT molecular complexity index is 1070. The average molecular weight is 474 g/mol. The van der Waals surface area contributed by atoms with Crippen LogP contribution in [0.25, 0.3) is 0 Å². The van der Waals surface area contributed by atoms with Crippen LogP contribution in [0.15, 0.2) is 34.8 Å². The van der Waals surface area contributed by atoms with Crippen LogP contribution < -0.4 is 10.5 Å². The van der Waals surface area contributed by atoms with E-state index < -0.39 is 5.92 Å². The molecule has 8 heteroatoms. The van der Waals surface area contributed by atoms with Crippen LogP contribution in [-0.4, -0.2) is 37.6 Å². The first-order valence-corrected chi connectivity index (χ1v) is 10.9. The highest BCUT2D eigenvalue weighted by Crippen LogP contribution is 2.50. The summed E-state index contributed by atoms with van der Waals surface area (Å²) >= 11 is 12.9. The summed E-state index contributed by atoms with van der Waals surface area (Å²) < 4.78 is 10.7. The number of benzene rings is 1. The fraction of sp³-hybridized carbons (Fsp3) is 0.417. The van der Waals surface area contributed by atoms with Gasteiger partial charge in [0.15, 0.2) is 11.5 Å². The number of hydrogen-bond donors (Lipinski definition) is 1. The van der Waals surface area contributed by atoms with Crippen LogP contribution in [0.5, 0.6) is 5.75 Å². The third-order valence-electron chi connectivity index (χ3n) is 5.66. The van der Waals surface area contributed by atoms with Crippen LogP contribution in [0.2, 0.25) is 10.0 Å². The molecule has 32 heavy (non-hydrogen) atoms. The van der Waals surface area contributed by atoms with Gasteiger partial charge < -0.3 is 20.1 Å². The van der Waals surface area contributed by atoms with Gasteiger partial charge >= 0.3 is 0 Å². The van der Waals surface area contributed by atoms with Crippen molar-refractivity contribution in [1.29, 1.82) is 5.26 Å². The Morgan fingerprint density at radius 3 is 2.53 bits per heavy atom. The monoisotopic (exact) mass is 473 g/mol. The molecule has 1 aromatic carbocycles. The summed E-state index contributed by atoms with van der Waals surface area (Å²) in [6.07, 6.45) is 6.26. The van der Waals surface area contributed by atoms with E-state index in [1.54, 1.807) is 19.2 Å². The molecule has 1 atom stereocenters. The van der Waals surface area contributed by atoms with E-state index in [2.05, 4.69) is 12.0 Å². The normalized spacial score (nSPS) is 20.0. The van der Waals surface area contributed by atoms with Crippen molar-refractivity contribution in [1.82, 2.24) is 4.90 Å². The van der Waals surface area contributed by atoms with Crippen molar-refractivity contribution in [3.05, 3.63) is 50.4 Å². The highest BCUT2D eigenvalue weighted by Gasteiger charge is 2.44. The van der Waals surface area contributed by atoms with E-state index in [0.29, 0.717) is 43.0 Å². The molecule has 1 heterocycles. The molecule has 0 aromatic heterocycles. The molecule has 0 bridgehead atoms. The molecule has 6 nitrogen and oxygen atoms in total. The zero-order valence-corrected chi connectivity index (χ0v) is 19.8. The van der Waals surface area contributed by atoms with E-state index >= 15 is 0 Å². The Balaban J connectivity index is 2.21. The number of rotatable bonds is 6. The Kier molecular flexibility index (Phi) is 7.10. The summed E-state index contributed by atoms with van der Waals surface area (Å²) in [6.45, 7) is 4.93. The number of halogens is 2. The average Bonchev–Trinajstić information content (AvgIpc) is 2.71. The van der Waals surface area contributed by atoms with Crippen molar-refractivity contribution < 1.29 is 14.3 Å². The van der Waals surface area contributed by atoms with Crippen molar-refractivity contribution in [3.63, 3.8) is 0 Å². The Hall–Kier alpha value is -2.64. The van der Waals surface area contributed by atoms with Gasteiger partial charge in [0.05, 0.1) is 34.2 Å². The maximum Gasteiger partial charge on any atom is 0.162 e. The number of carbonyl (C=O) groups excluding carboxylic acids is 1. The number of nitrogens with two attached hydrogens (primary N) is 1. The number of terminal acetylenes is 1. The quantitative estimate of drug-likeness (QED) is 0.616. The molecule has 0 spiro atoms. The number of ketones is 1. The van der Waals surface area contributed by atoms with E-state index in [1.807, 2.05) is 18.7 Å². The molecule has 3 rings (SSSR count). The van der Waals surface area contributed by atoms with Gasteiger partial charge in [-0.15, -0.1) is 6.42 Å². The first-order valence-electron chi connectivity index (χ1n) is 10.1. The van der Waals surface area contributed by atoms with Gasteiger partial charge in [0.1, 0.15) is 12.4 Å². The summed E-state index contributed by atoms with van der Waals surface area (Å²) in [6, 6.07) is 5.51. The first kappa shape index (κ1) is 24.0. The zero-order valence-electron chi connectivity index (χ0n) is 18.3. The lowest BCUT2D eigenvalue weighted by atomic mass is 9.68. The highest BCUT2D eigenvalue weighted by atomic mass is 35.5. The Morgan fingerprint density at radius 1 is 1.31 bits per heavy atom. The van der Waals surface area contributed by atoms with E-state index in [1.165, 1.54) is 0 Å². The molecule has 1 aliphatic carbocycles. The molecule has 0 radical (unpaired) electrons. The zero-order chi connectivity index (χ0) is 23.6. The fourth-order valence-corrected chi connectivity index (χ4v) is 4.96. The van der Waals surface area contributed by atoms with Crippen molar-refractivity contribution in [3.8, 4) is 24.2 Å². The van der Waals surface area contributed by atoms with Crippen molar-refractivity contribution in [2.45, 2.75) is 32.6 Å². The van der Waals surface area contributed by atoms with Gasteiger partial charge in [-0.1, -0.05) is 43.0 Å². The van der Waals surface area contributed by atoms with Crippen LogP contribution in [0, 0.1) is 29.1 Å². The minimum Gasteiger partial charge on any atom is -0.478 e. The molecule has 2 aliphatic rings. The van der Waals surface area contributed by atoms with Crippen LogP contribution in [0.4, 0.5) is 0 Å². The molecule has 0 saturated heterocycles. The largest absolute Gasteiger partial charge is 0.478 e. The highest BCUT2D eigenvalue weighted by molar-refractivity contribution is 6.37. The van der Waals surface area contributed by atoms with E-state index in [-0.39, 0.29) is 39.2 Å². The molecule has 168 valence electrons. The molecule has 1 aliphatic heterocycles. The van der Waals surface area contributed by atoms with Gasteiger partial charge in [-0.2, -0.15) is 5.26 Å². The lowest BCUT2D eigenvalue weighted by Crippen LogP contribution is -2.43. The summed E-state index contributed by atoms with van der Waals surface area (Å²) in [7, 11) is 1.59. The van der Waals surface area contributed by atoms with Gasteiger partial charge in [-0.3, -0.25) is 4.79 Å². The lowest BCUT2D eigenvalue weighted by molar-refractivity contribution is -0.118. The second kappa shape index (κ2) is 9.46. The molecular formula is C24H25Cl2N3O3. The number of hydrogen-bond acceptors (Lipinski definition) is 6. The number of nitrogens with zero attached hydrogens (tertiary/aromatic N) is 2. The third-order valence-corrected chi connectivity index (χ3v) is 6.22. The summed E-state index contributed by atoms with van der Waals surface area (Å²) in [5.74, 6) is 2.23. The number of nitriles is 1. The second-order valence-corrected chi connectivity index (χ2v) is 9.41. The van der Waals surface area contributed by atoms with Crippen molar-refractivity contribution in [2.75, 3.05) is 26.9 Å². The van der Waals surface area contributed by atoms with Gasteiger partial charge in [0.25, 0.3) is 0 Å². The molecule has 1 aromatic rings. The maximum absolute atomic E-state index is 13.4. The predicted molar refractivity (Wildman–Crippen MR) is 124 cm³/mol. The smallest absolute Gasteiger partial charge is 0.162 e. The SMILES string of the molecule is C#CCOc1c(Cl)cc([C@H]2C(C#N)=C(N)N(CCOC)C3=C2C(=O)CC(C)(C)C3)cc1Cl. The predicted octanol–water partition coefficient (Wildman–Crippen LogP) is 4.39. The molecule has 0 amide bonds. The van der Waals surface area contributed by atoms with Crippen LogP contribution in [0.1, 0.15) is 38.2 Å². The molecule has 0 fully saturated rings. The minimum atomic E-state index is -0.672. The van der Waals surface area contributed by atoms with E-state index in [9.17, 15) is 10.1 Å².